The number of hydrazone groups is 1. The minimum atomic E-state index is 0.664. The SMILES string of the molecule is C1=Cc2ccccc2NN=C1.c1cnc2n[nH]nc2c1. The maximum atomic E-state index is 3.95. The van der Waals surface area contributed by atoms with Crippen molar-refractivity contribution in [2.75, 3.05) is 5.43 Å². The number of allylic oxidation sites excluding steroid dienone is 1. The van der Waals surface area contributed by atoms with Crippen molar-refractivity contribution in [2.24, 2.45) is 5.10 Å². The fourth-order valence-electron chi connectivity index (χ4n) is 1.73. The zero-order valence-corrected chi connectivity index (χ0v) is 10.6. The highest BCUT2D eigenvalue weighted by molar-refractivity contribution is 5.83. The molecule has 0 bridgehead atoms. The normalized spacial score (nSPS) is 12.0. The smallest absolute Gasteiger partial charge is 0.201 e. The largest absolute Gasteiger partial charge is 0.278 e. The Balaban J connectivity index is 0.000000123. The van der Waals surface area contributed by atoms with Crippen LogP contribution >= 0.6 is 0 Å². The highest BCUT2D eigenvalue weighted by Gasteiger charge is 1.96. The van der Waals surface area contributed by atoms with Crippen LogP contribution in [-0.2, 0) is 0 Å². The Morgan fingerprint density at radius 3 is 2.85 bits per heavy atom. The molecule has 0 saturated heterocycles. The van der Waals surface area contributed by atoms with Crippen LogP contribution in [-0.4, -0.2) is 26.6 Å². The maximum Gasteiger partial charge on any atom is 0.201 e. The van der Waals surface area contributed by atoms with Gasteiger partial charge >= 0.3 is 0 Å². The molecule has 2 N–H and O–H groups in total. The number of hydrogen-bond acceptors (Lipinski definition) is 5. The van der Waals surface area contributed by atoms with Crippen molar-refractivity contribution in [1.29, 1.82) is 0 Å². The lowest BCUT2D eigenvalue weighted by atomic mass is 10.2. The lowest BCUT2D eigenvalue weighted by molar-refractivity contribution is 0.954. The molecule has 3 aromatic rings. The second-order valence-electron chi connectivity index (χ2n) is 4.01. The molecule has 1 aromatic carbocycles. The van der Waals surface area contributed by atoms with Crippen LogP contribution in [0.3, 0.4) is 0 Å². The molecule has 0 aliphatic carbocycles. The number of pyridine rings is 1. The molecule has 4 rings (SSSR count). The molecule has 2 aromatic heterocycles. The summed E-state index contributed by atoms with van der Waals surface area (Å²) in [7, 11) is 0. The van der Waals surface area contributed by atoms with E-state index in [0.29, 0.717) is 5.65 Å². The van der Waals surface area contributed by atoms with Gasteiger partial charge in [-0.15, -0.1) is 5.10 Å². The molecule has 0 amide bonds. The molecule has 0 saturated carbocycles. The third kappa shape index (κ3) is 2.69. The quantitative estimate of drug-likeness (QED) is 0.653. The van der Waals surface area contributed by atoms with Crippen molar-refractivity contribution < 1.29 is 0 Å². The molecule has 0 spiro atoms. The molecule has 0 radical (unpaired) electrons. The molecule has 0 atom stereocenters. The first kappa shape index (κ1) is 12.0. The fourth-order valence-corrected chi connectivity index (χ4v) is 1.73. The number of H-pyrrole nitrogens is 1. The summed E-state index contributed by atoms with van der Waals surface area (Å²) in [5.41, 5.74) is 6.62. The summed E-state index contributed by atoms with van der Waals surface area (Å²) < 4.78 is 0. The number of aromatic amines is 1. The summed E-state index contributed by atoms with van der Waals surface area (Å²) >= 11 is 0. The lowest BCUT2D eigenvalue weighted by Crippen LogP contribution is -1.87. The van der Waals surface area contributed by atoms with Crippen molar-refractivity contribution in [3.63, 3.8) is 0 Å². The average molecular weight is 264 g/mol. The minimum absolute atomic E-state index is 0.664. The second kappa shape index (κ2) is 5.75. The summed E-state index contributed by atoms with van der Waals surface area (Å²) in [4.78, 5) is 3.94. The van der Waals surface area contributed by atoms with E-state index in [0.717, 1.165) is 11.2 Å². The molecule has 1 aliphatic heterocycles. The van der Waals surface area contributed by atoms with E-state index in [1.165, 1.54) is 5.56 Å². The number of benzene rings is 1. The van der Waals surface area contributed by atoms with E-state index in [2.05, 4.69) is 30.9 Å². The van der Waals surface area contributed by atoms with Crippen molar-refractivity contribution in [2.45, 2.75) is 0 Å². The van der Waals surface area contributed by atoms with Gasteiger partial charge in [0.15, 0.2) is 0 Å². The third-order valence-corrected chi connectivity index (χ3v) is 2.67. The van der Waals surface area contributed by atoms with Crippen LogP contribution in [0.25, 0.3) is 17.2 Å². The first-order valence-electron chi connectivity index (χ1n) is 6.10. The van der Waals surface area contributed by atoms with Gasteiger partial charge in [-0.05, 0) is 29.8 Å². The predicted octanol–water partition coefficient (Wildman–Crippen LogP) is 2.46. The Hall–Kier alpha value is -3.02. The van der Waals surface area contributed by atoms with Crippen LogP contribution in [0.2, 0.25) is 0 Å². The topological polar surface area (TPSA) is 78.9 Å². The van der Waals surface area contributed by atoms with E-state index in [1.54, 1.807) is 12.4 Å². The number of para-hydroxylation sites is 1. The number of rotatable bonds is 0. The monoisotopic (exact) mass is 264 g/mol. The van der Waals surface area contributed by atoms with Crippen LogP contribution in [0.4, 0.5) is 5.69 Å². The number of anilines is 1. The highest BCUT2D eigenvalue weighted by atomic mass is 15.3. The maximum absolute atomic E-state index is 3.95. The molecule has 0 unspecified atom stereocenters. The van der Waals surface area contributed by atoms with Gasteiger partial charge in [0.1, 0.15) is 5.52 Å². The van der Waals surface area contributed by atoms with Crippen LogP contribution in [0.15, 0.2) is 53.8 Å². The zero-order chi connectivity index (χ0) is 13.6. The second-order valence-corrected chi connectivity index (χ2v) is 4.01. The van der Waals surface area contributed by atoms with Crippen molar-refractivity contribution >= 4 is 29.1 Å². The first-order chi connectivity index (χ1) is 9.93. The van der Waals surface area contributed by atoms with Crippen LogP contribution in [0, 0.1) is 0 Å². The first-order valence-corrected chi connectivity index (χ1v) is 6.10. The van der Waals surface area contributed by atoms with Gasteiger partial charge in [-0.25, -0.2) is 4.98 Å². The molecule has 0 fully saturated rings. The lowest BCUT2D eigenvalue weighted by Gasteiger charge is -2.00. The van der Waals surface area contributed by atoms with E-state index in [1.807, 2.05) is 48.6 Å². The van der Waals surface area contributed by atoms with Gasteiger partial charge in [-0.1, -0.05) is 24.3 Å². The van der Waals surface area contributed by atoms with Gasteiger partial charge in [0, 0.05) is 12.4 Å². The third-order valence-electron chi connectivity index (χ3n) is 2.67. The summed E-state index contributed by atoms with van der Waals surface area (Å²) in [6.45, 7) is 0. The molecular weight excluding hydrogens is 252 g/mol. The number of nitrogens with one attached hydrogen (secondary N) is 2. The molecule has 6 heteroatoms. The Kier molecular flexibility index (Phi) is 3.46. The Labute approximate surface area is 115 Å². The van der Waals surface area contributed by atoms with Crippen LogP contribution in [0.5, 0.6) is 0 Å². The summed E-state index contributed by atoms with van der Waals surface area (Å²) in [6.07, 6.45) is 7.36. The van der Waals surface area contributed by atoms with Crippen LogP contribution in [0.1, 0.15) is 5.56 Å². The number of aromatic nitrogens is 4. The van der Waals surface area contributed by atoms with Gasteiger partial charge < -0.3 is 0 Å². The van der Waals surface area contributed by atoms with Crippen molar-refractivity contribution in [1.82, 2.24) is 20.4 Å². The molecule has 3 heterocycles. The zero-order valence-electron chi connectivity index (χ0n) is 10.6. The highest BCUT2D eigenvalue weighted by Crippen LogP contribution is 2.17. The van der Waals surface area contributed by atoms with E-state index in [9.17, 15) is 0 Å². The summed E-state index contributed by atoms with van der Waals surface area (Å²) in [5.74, 6) is 0. The summed E-state index contributed by atoms with van der Waals surface area (Å²) in [6, 6.07) is 11.7. The molecular formula is C14H12N6. The number of nitrogens with zero attached hydrogens (tertiary/aromatic N) is 4. The Morgan fingerprint density at radius 1 is 0.950 bits per heavy atom. The van der Waals surface area contributed by atoms with Gasteiger partial charge in [-0.3, -0.25) is 5.43 Å². The molecule has 98 valence electrons. The van der Waals surface area contributed by atoms with Gasteiger partial charge in [0.2, 0.25) is 5.65 Å². The van der Waals surface area contributed by atoms with Gasteiger partial charge in [0.25, 0.3) is 0 Å². The standard InChI is InChI=1S/C9H8N2.C5H4N4/c1-2-6-9-8(4-1)5-3-7-10-11-9;1-2-4-5(6-3-1)8-9-7-4/h1-7,11H;1-3H,(H,6,7,8,9). The summed E-state index contributed by atoms with van der Waals surface area (Å²) in [5, 5.41) is 14.0. The van der Waals surface area contributed by atoms with E-state index >= 15 is 0 Å². The molecule has 1 aliphatic rings. The van der Waals surface area contributed by atoms with Gasteiger partial charge in [-0.2, -0.15) is 15.4 Å². The Morgan fingerprint density at radius 2 is 1.90 bits per heavy atom. The molecule has 20 heavy (non-hydrogen) atoms. The van der Waals surface area contributed by atoms with Crippen LogP contribution < -0.4 is 5.43 Å². The average Bonchev–Trinajstić information content (AvgIpc) is 2.85. The van der Waals surface area contributed by atoms with Crippen molar-refractivity contribution in [3.8, 4) is 0 Å². The van der Waals surface area contributed by atoms with Crippen molar-refractivity contribution in [3.05, 3.63) is 54.2 Å². The fraction of sp³-hybridized carbons (Fsp3) is 0. The van der Waals surface area contributed by atoms with Gasteiger partial charge in [0.05, 0.1) is 5.69 Å². The Bertz CT molecular complexity index is 729. The van der Waals surface area contributed by atoms with E-state index < -0.39 is 0 Å². The van der Waals surface area contributed by atoms with E-state index in [-0.39, 0.29) is 0 Å². The number of hydrogen-bond donors (Lipinski definition) is 2. The minimum Gasteiger partial charge on any atom is -0.278 e. The van der Waals surface area contributed by atoms with E-state index in [4.69, 9.17) is 0 Å². The number of fused-ring (bicyclic) bond motifs is 2. The predicted molar refractivity (Wildman–Crippen MR) is 79.3 cm³/mol. The molecule has 6 nitrogen and oxygen atoms in total.